The van der Waals surface area contributed by atoms with Gasteiger partial charge in [0, 0.05) is 6.54 Å². The summed E-state index contributed by atoms with van der Waals surface area (Å²) in [5, 5.41) is 4.25. The third-order valence-corrected chi connectivity index (χ3v) is 5.42. The zero-order valence-electron chi connectivity index (χ0n) is 13.0. The number of carbonyl (C=O) groups excluding carboxylic acids is 1. The Labute approximate surface area is 130 Å². The second-order valence-corrected chi connectivity index (χ2v) is 7.12. The molecule has 6 heteroatoms. The highest BCUT2D eigenvalue weighted by Gasteiger charge is 2.35. The van der Waals surface area contributed by atoms with Gasteiger partial charge >= 0.3 is 0 Å². The Kier molecular flexibility index (Phi) is 4.66. The van der Waals surface area contributed by atoms with Crippen molar-refractivity contribution in [2.24, 2.45) is 11.1 Å². The molecule has 0 saturated heterocycles. The SMILES string of the molecule is CCC1(CNc2sc(C(N)=O)c(N)c2OC(C)C)CCC1. The van der Waals surface area contributed by atoms with E-state index >= 15 is 0 Å². The Bertz CT molecular complexity index is 516. The maximum absolute atomic E-state index is 11.5. The molecule has 5 nitrogen and oxygen atoms in total. The van der Waals surface area contributed by atoms with E-state index in [0.29, 0.717) is 21.7 Å². The van der Waals surface area contributed by atoms with Crippen molar-refractivity contribution < 1.29 is 9.53 Å². The Morgan fingerprint density at radius 2 is 2.14 bits per heavy atom. The first-order valence-electron chi connectivity index (χ1n) is 7.51. The molecule has 0 spiro atoms. The molecule has 0 atom stereocenters. The second-order valence-electron chi connectivity index (χ2n) is 6.09. The zero-order chi connectivity index (χ0) is 15.6. The Morgan fingerprint density at radius 1 is 1.48 bits per heavy atom. The van der Waals surface area contributed by atoms with Gasteiger partial charge < -0.3 is 21.5 Å². The van der Waals surface area contributed by atoms with Crippen molar-refractivity contribution in [2.75, 3.05) is 17.6 Å². The summed E-state index contributed by atoms with van der Waals surface area (Å²) in [5.41, 5.74) is 12.1. The average molecular weight is 311 g/mol. The molecule has 1 aromatic heterocycles. The van der Waals surface area contributed by atoms with Crippen molar-refractivity contribution in [3.63, 3.8) is 0 Å². The maximum atomic E-state index is 11.5. The van der Waals surface area contributed by atoms with Crippen molar-refractivity contribution in [3.05, 3.63) is 4.88 Å². The molecule has 2 rings (SSSR count). The van der Waals surface area contributed by atoms with E-state index in [1.165, 1.54) is 30.6 Å². The van der Waals surface area contributed by atoms with Gasteiger partial charge in [0.1, 0.15) is 15.6 Å². The van der Waals surface area contributed by atoms with Crippen molar-refractivity contribution >= 4 is 27.9 Å². The normalized spacial score (nSPS) is 16.6. The molecule has 1 amide bonds. The first-order chi connectivity index (χ1) is 9.88. The van der Waals surface area contributed by atoms with Gasteiger partial charge in [-0.15, -0.1) is 11.3 Å². The van der Waals surface area contributed by atoms with Crippen molar-refractivity contribution in [1.82, 2.24) is 0 Å². The monoisotopic (exact) mass is 311 g/mol. The summed E-state index contributed by atoms with van der Waals surface area (Å²) < 4.78 is 5.77. The highest BCUT2D eigenvalue weighted by molar-refractivity contribution is 7.19. The van der Waals surface area contributed by atoms with E-state index in [9.17, 15) is 4.79 Å². The van der Waals surface area contributed by atoms with Crippen molar-refractivity contribution in [3.8, 4) is 5.75 Å². The van der Waals surface area contributed by atoms with Gasteiger partial charge in [-0.1, -0.05) is 13.3 Å². The van der Waals surface area contributed by atoms with Crippen LogP contribution in [0.4, 0.5) is 10.7 Å². The van der Waals surface area contributed by atoms with Gasteiger partial charge in [-0.25, -0.2) is 0 Å². The lowest BCUT2D eigenvalue weighted by Gasteiger charge is -2.41. The van der Waals surface area contributed by atoms with Crippen LogP contribution >= 0.6 is 11.3 Å². The number of nitrogens with one attached hydrogen (secondary N) is 1. The minimum atomic E-state index is -0.506. The number of thiophene rings is 1. The molecule has 0 unspecified atom stereocenters. The van der Waals surface area contributed by atoms with Crippen LogP contribution in [0.5, 0.6) is 5.75 Å². The molecule has 1 saturated carbocycles. The summed E-state index contributed by atoms with van der Waals surface area (Å²) in [7, 11) is 0. The molecule has 1 aliphatic rings. The number of nitrogen functional groups attached to an aromatic ring is 1. The quantitative estimate of drug-likeness (QED) is 0.721. The lowest BCUT2D eigenvalue weighted by Crippen LogP contribution is -2.35. The molecule has 1 fully saturated rings. The number of hydrogen-bond donors (Lipinski definition) is 3. The summed E-state index contributed by atoms with van der Waals surface area (Å²) in [6.45, 7) is 6.98. The van der Waals surface area contributed by atoms with Gasteiger partial charge in [-0.2, -0.15) is 0 Å². The third-order valence-electron chi connectivity index (χ3n) is 4.27. The fraction of sp³-hybridized carbons (Fsp3) is 0.667. The van der Waals surface area contributed by atoms with E-state index in [0.717, 1.165) is 18.0 Å². The molecular weight excluding hydrogens is 286 g/mol. The van der Waals surface area contributed by atoms with E-state index in [1.54, 1.807) is 0 Å². The fourth-order valence-electron chi connectivity index (χ4n) is 2.68. The molecule has 1 heterocycles. The van der Waals surface area contributed by atoms with Gasteiger partial charge in [0.05, 0.1) is 6.10 Å². The van der Waals surface area contributed by atoms with Crippen LogP contribution in [0.15, 0.2) is 0 Å². The highest BCUT2D eigenvalue weighted by Crippen LogP contribution is 2.47. The lowest BCUT2D eigenvalue weighted by molar-refractivity contribution is 0.100. The number of ether oxygens (including phenoxy) is 1. The minimum absolute atomic E-state index is 0.00739. The fourth-order valence-corrected chi connectivity index (χ4v) is 3.58. The average Bonchev–Trinajstić information content (AvgIpc) is 2.66. The van der Waals surface area contributed by atoms with Crippen LogP contribution in [0, 0.1) is 5.41 Å². The molecule has 0 aliphatic heterocycles. The number of primary amides is 1. The van der Waals surface area contributed by atoms with Gasteiger partial charge in [0.25, 0.3) is 5.91 Å². The van der Waals surface area contributed by atoms with Gasteiger partial charge in [-0.3, -0.25) is 4.79 Å². The van der Waals surface area contributed by atoms with Crippen LogP contribution in [0.3, 0.4) is 0 Å². The Morgan fingerprint density at radius 3 is 2.57 bits per heavy atom. The lowest BCUT2D eigenvalue weighted by atomic mass is 9.67. The predicted molar refractivity (Wildman–Crippen MR) is 88.1 cm³/mol. The molecule has 0 aromatic carbocycles. The number of carbonyl (C=O) groups is 1. The Balaban J connectivity index is 2.20. The zero-order valence-corrected chi connectivity index (χ0v) is 13.8. The largest absolute Gasteiger partial charge is 0.486 e. The van der Waals surface area contributed by atoms with E-state index in [1.807, 2.05) is 13.8 Å². The van der Waals surface area contributed by atoms with Crippen LogP contribution < -0.4 is 21.5 Å². The first kappa shape index (κ1) is 15.9. The Hall–Kier alpha value is -1.43. The molecule has 5 N–H and O–H groups in total. The minimum Gasteiger partial charge on any atom is -0.486 e. The summed E-state index contributed by atoms with van der Waals surface area (Å²) in [6, 6.07) is 0. The molecule has 21 heavy (non-hydrogen) atoms. The number of hydrogen-bond acceptors (Lipinski definition) is 5. The van der Waals surface area contributed by atoms with Gasteiger partial charge in [0.15, 0.2) is 5.75 Å². The molecule has 1 aromatic rings. The van der Waals surface area contributed by atoms with E-state index in [-0.39, 0.29) is 6.10 Å². The number of anilines is 2. The predicted octanol–water partition coefficient (Wildman–Crippen LogP) is 3.21. The van der Waals surface area contributed by atoms with Crippen molar-refractivity contribution in [2.45, 2.75) is 52.6 Å². The number of rotatable bonds is 7. The highest BCUT2D eigenvalue weighted by atomic mass is 32.1. The van der Waals surface area contributed by atoms with Crippen LogP contribution in [-0.4, -0.2) is 18.6 Å². The van der Waals surface area contributed by atoms with Crippen molar-refractivity contribution in [1.29, 1.82) is 0 Å². The molecule has 0 bridgehead atoms. The maximum Gasteiger partial charge on any atom is 0.261 e. The smallest absolute Gasteiger partial charge is 0.261 e. The standard InChI is InChI=1S/C15H25N3O2S/c1-4-15(6-5-7-15)8-18-14-11(20-9(2)3)10(16)12(21-14)13(17)19/h9,18H,4-8,16H2,1-3H3,(H2,17,19). The third kappa shape index (κ3) is 3.26. The summed E-state index contributed by atoms with van der Waals surface area (Å²) in [4.78, 5) is 11.8. The van der Waals surface area contributed by atoms with Crippen LogP contribution in [0.2, 0.25) is 0 Å². The summed E-state index contributed by atoms with van der Waals surface area (Å²) in [6.07, 6.45) is 4.95. The topological polar surface area (TPSA) is 90.4 Å². The number of amides is 1. The van der Waals surface area contributed by atoms with Gasteiger partial charge in [0.2, 0.25) is 0 Å². The molecule has 118 valence electrons. The molecule has 0 radical (unpaired) electrons. The number of nitrogens with two attached hydrogens (primary N) is 2. The van der Waals surface area contributed by atoms with E-state index in [2.05, 4.69) is 12.2 Å². The van der Waals surface area contributed by atoms with E-state index < -0.39 is 5.91 Å². The molecular formula is C15H25N3O2S. The second kappa shape index (κ2) is 6.13. The van der Waals surface area contributed by atoms with Crippen LogP contribution in [0.25, 0.3) is 0 Å². The summed E-state index contributed by atoms with van der Waals surface area (Å²) in [5.74, 6) is 0.0578. The van der Waals surface area contributed by atoms with E-state index in [4.69, 9.17) is 16.2 Å². The first-order valence-corrected chi connectivity index (χ1v) is 8.33. The summed E-state index contributed by atoms with van der Waals surface area (Å²) >= 11 is 1.29. The van der Waals surface area contributed by atoms with Crippen LogP contribution in [0.1, 0.15) is 56.1 Å². The van der Waals surface area contributed by atoms with Crippen LogP contribution in [-0.2, 0) is 0 Å². The van der Waals surface area contributed by atoms with Gasteiger partial charge in [-0.05, 0) is 38.5 Å². The molecule has 1 aliphatic carbocycles.